The number of rotatable bonds is 3. The summed E-state index contributed by atoms with van der Waals surface area (Å²) in [4.78, 5) is 15.0. The smallest absolute Gasteiger partial charge is 0.274 e. The van der Waals surface area contributed by atoms with Crippen molar-refractivity contribution in [2.75, 3.05) is 26.2 Å². The number of hydrogen-bond acceptors (Lipinski definition) is 4. The van der Waals surface area contributed by atoms with Gasteiger partial charge in [-0.25, -0.2) is 0 Å². The van der Waals surface area contributed by atoms with Crippen molar-refractivity contribution in [2.24, 2.45) is 0 Å². The zero-order valence-electron chi connectivity index (χ0n) is 15.2. The zero-order chi connectivity index (χ0) is 17.9. The first-order valence-electron chi connectivity index (χ1n) is 9.46. The van der Waals surface area contributed by atoms with Gasteiger partial charge < -0.3 is 15.0 Å². The molecule has 4 rings (SSSR count). The second-order valence-electron chi connectivity index (χ2n) is 7.22. The van der Waals surface area contributed by atoms with Gasteiger partial charge in [0.1, 0.15) is 11.8 Å². The number of amides is 1. The van der Waals surface area contributed by atoms with Gasteiger partial charge in [0.25, 0.3) is 5.91 Å². The Balaban J connectivity index is 1.48. The van der Waals surface area contributed by atoms with Gasteiger partial charge in [-0.3, -0.25) is 9.48 Å². The molecule has 6 nitrogen and oxygen atoms in total. The molecule has 3 heterocycles. The van der Waals surface area contributed by atoms with Gasteiger partial charge in [-0.15, -0.1) is 0 Å². The van der Waals surface area contributed by atoms with Crippen molar-refractivity contribution in [3.05, 3.63) is 53.9 Å². The zero-order valence-corrected chi connectivity index (χ0v) is 15.2. The third-order valence-electron chi connectivity index (χ3n) is 5.34. The van der Waals surface area contributed by atoms with Crippen molar-refractivity contribution >= 4 is 5.91 Å². The molecule has 0 saturated carbocycles. The fraction of sp³-hybridized carbons (Fsp3) is 0.500. The van der Waals surface area contributed by atoms with Crippen molar-refractivity contribution in [2.45, 2.75) is 38.0 Å². The van der Waals surface area contributed by atoms with E-state index in [0.29, 0.717) is 24.9 Å². The van der Waals surface area contributed by atoms with Crippen molar-refractivity contribution in [3.63, 3.8) is 0 Å². The van der Waals surface area contributed by atoms with E-state index in [-0.39, 0.29) is 18.1 Å². The maximum atomic E-state index is 13.1. The normalized spacial score (nSPS) is 26.7. The van der Waals surface area contributed by atoms with Gasteiger partial charge in [-0.1, -0.05) is 30.3 Å². The number of morpholine rings is 1. The third kappa shape index (κ3) is 3.52. The number of ether oxygens (including phenoxy) is 1. The number of benzene rings is 1. The van der Waals surface area contributed by atoms with Crippen molar-refractivity contribution in [1.82, 2.24) is 20.0 Å². The molecule has 1 N–H and O–H groups in total. The molecule has 26 heavy (non-hydrogen) atoms. The van der Waals surface area contributed by atoms with E-state index in [1.54, 1.807) is 0 Å². The molecule has 0 bridgehead atoms. The van der Waals surface area contributed by atoms with Crippen molar-refractivity contribution < 1.29 is 9.53 Å². The Kier molecular flexibility index (Phi) is 5.04. The lowest BCUT2D eigenvalue weighted by molar-refractivity contribution is -0.0488. The SMILES string of the molecule is CC1COC(c2ccccc2)CN1C(=O)c1ccn(C2CCCNC2)n1. The van der Waals surface area contributed by atoms with Gasteiger partial charge in [0, 0.05) is 12.7 Å². The van der Waals surface area contributed by atoms with Crippen LogP contribution in [0.4, 0.5) is 0 Å². The molecule has 3 unspecified atom stereocenters. The lowest BCUT2D eigenvalue weighted by Crippen LogP contribution is -2.48. The molecule has 2 aliphatic heterocycles. The number of hydrogen-bond donors (Lipinski definition) is 1. The van der Waals surface area contributed by atoms with E-state index in [2.05, 4.69) is 10.4 Å². The lowest BCUT2D eigenvalue weighted by atomic mass is 10.1. The maximum absolute atomic E-state index is 13.1. The fourth-order valence-corrected chi connectivity index (χ4v) is 3.77. The molecular weight excluding hydrogens is 328 g/mol. The first kappa shape index (κ1) is 17.2. The van der Waals surface area contributed by atoms with Gasteiger partial charge in [0.2, 0.25) is 0 Å². The molecule has 2 fully saturated rings. The fourth-order valence-electron chi connectivity index (χ4n) is 3.77. The van der Waals surface area contributed by atoms with E-state index in [1.165, 1.54) is 0 Å². The molecule has 2 aromatic rings. The van der Waals surface area contributed by atoms with E-state index >= 15 is 0 Å². The summed E-state index contributed by atoms with van der Waals surface area (Å²) in [5.41, 5.74) is 1.63. The molecule has 138 valence electrons. The molecule has 0 aliphatic carbocycles. The minimum Gasteiger partial charge on any atom is -0.370 e. The maximum Gasteiger partial charge on any atom is 0.274 e. The van der Waals surface area contributed by atoms with Crippen molar-refractivity contribution in [3.8, 4) is 0 Å². The van der Waals surface area contributed by atoms with Gasteiger partial charge in [-0.05, 0) is 37.9 Å². The van der Waals surface area contributed by atoms with Gasteiger partial charge >= 0.3 is 0 Å². The van der Waals surface area contributed by atoms with E-state index in [9.17, 15) is 4.79 Å². The number of aromatic nitrogens is 2. The lowest BCUT2D eigenvalue weighted by Gasteiger charge is -2.37. The minimum atomic E-state index is -0.0824. The molecule has 6 heteroatoms. The van der Waals surface area contributed by atoms with Gasteiger partial charge in [0.05, 0.1) is 25.2 Å². The number of carbonyl (C=O) groups excluding carboxylic acids is 1. The van der Waals surface area contributed by atoms with Crippen LogP contribution in [0.25, 0.3) is 0 Å². The van der Waals surface area contributed by atoms with Crippen LogP contribution in [0.3, 0.4) is 0 Å². The highest BCUT2D eigenvalue weighted by Gasteiger charge is 2.32. The molecule has 2 saturated heterocycles. The van der Waals surface area contributed by atoms with Crippen LogP contribution in [0.2, 0.25) is 0 Å². The van der Waals surface area contributed by atoms with Crippen LogP contribution in [0, 0.1) is 0 Å². The standard InChI is InChI=1S/C20H26N4O2/c1-15-14-26-19(16-6-3-2-4-7-16)13-23(15)20(25)18-9-11-24(22-18)17-8-5-10-21-12-17/h2-4,6-7,9,11,15,17,19,21H,5,8,10,12-14H2,1H3. The molecule has 0 spiro atoms. The quantitative estimate of drug-likeness (QED) is 0.920. The molecule has 1 aromatic heterocycles. The van der Waals surface area contributed by atoms with Crippen molar-refractivity contribution in [1.29, 1.82) is 0 Å². The number of piperidine rings is 1. The predicted octanol–water partition coefficient (Wildman–Crippen LogP) is 2.41. The van der Waals surface area contributed by atoms with Gasteiger partial charge in [-0.2, -0.15) is 5.10 Å². The molecule has 0 radical (unpaired) electrons. The number of nitrogens with zero attached hydrogens (tertiary/aromatic N) is 3. The summed E-state index contributed by atoms with van der Waals surface area (Å²) < 4.78 is 7.91. The van der Waals surface area contributed by atoms with Gasteiger partial charge in [0.15, 0.2) is 0 Å². The number of nitrogens with one attached hydrogen (secondary N) is 1. The largest absolute Gasteiger partial charge is 0.370 e. The summed E-state index contributed by atoms with van der Waals surface area (Å²) in [6.07, 6.45) is 4.10. The Hall–Kier alpha value is -2.18. The van der Waals surface area contributed by atoms with Crippen LogP contribution in [0.1, 0.15) is 48.0 Å². The molecule has 1 amide bonds. The average Bonchev–Trinajstić information content (AvgIpc) is 3.19. The Morgan fingerprint density at radius 3 is 2.88 bits per heavy atom. The highest BCUT2D eigenvalue weighted by Crippen LogP contribution is 2.26. The molecule has 2 aliphatic rings. The van der Waals surface area contributed by atoms with E-state index in [1.807, 2.05) is 59.1 Å². The summed E-state index contributed by atoms with van der Waals surface area (Å²) in [6.45, 7) is 5.11. The summed E-state index contributed by atoms with van der Waals surface area (Å²) in [7, 11) is 0. The highest BCUT2D eigenvalue weighted by molar-refractivity contribution is 5.92. The van der Waals surface area contributed by atoms with Crippen LogP contribution in [0.15, 0.2) is 42.6 Å². The first-order valence-corrected chi connectivity index (χ1v) is 9.46. The second kappa shape index (κ2) is 7.60. The van der Waals surface area contributed by atoms with Crippen LogP contribution in [0.5, 0.6) is 0 Å². The summed E-state index contributed by atoms with van der Waals surface area (Å²) in [5.74, 6) is -0.00995. The summed E-state index contributed by atoms with van der Waals surface area (Å²) in [6, 6.07) is 12.3. The monoisotopic (exact) mass is 354 g/mol. The number of carbonyl (C=O) groups is 1. The van der Waals surface area contributed by atoms with Crippen LogP contribution < -0.4 is 5.32 Å². The molecular formula is C20H26N4O2. The summed E-state index contributed by atoms with van der Waals surface area (Å²) in [5, 5.41) is 7.98. The average molecular weight is 354 g/mol. The summed E-state index contributed by atoms with van der Waals surface area (Å²) >= 11 is 0. The van der Waals surface area contributed by atoms with Crippen LogP contribution in [-0.4, -0.2) is 52.9 Å². The predicted molar refractivity (Wildman–Crippen MR) is 99.0 cm³/mol. The topological polar surface area (TPSA) is 59.4 Å². The molecule has 3 atom stereocenters. The Morgan fingerprint density at radius 1 is 1.27 bits per heavy atom. The second-order valence-corrected chi connectivity index (χ2v) is 7.22. The van der Waals surface area contributed by atoms with E-state index in [0.717, 1.165) is 31.5 Å². The first-order chi connectivity index (χ1) is 12.7. The van der Waals surface area contributed by atoms with E-state index < -0.39 is 0 Å². The Labute approximate surface area is 154 Å². The van der Waals surface area contributed by atoms with Crippen LogP contribution in [-0.2, 0) is 4.74 Å². The van der Waals surface area contributed by atoms with Crippen LogP contribution >= 0.6 is 0 Å². The third-order valence-corrected chi connectivity index (χ3v) is 5.34. The Morgan fingerprint density at radius 2 is 2.12 bits per heavy atom. The highest BCUT2D eigenvalue weighted by atomic mass is 16.5. The molecule has 1 aromatic carbocycles. The Bertz CT molecular complexity index is 739. The minimum absolute atomic E-state index is 0.00995. The van der Waals surface area contributed by atoms with E-state index in [4.69, 9.17) is 4.74 Å².